The first-order valence-corrected chi connectivity index (χ1v) is 17.7. The summed E-state index contributed by atoms with van der Waals surface area (Å²) in [7, 11) is 2.20. The van der Waals surface area contributed by atoms with Crippen molar-refractivity contribution in [3.63, 3.8) is 0 Å². The predicted molar refractivity (Wildman–Crippen MR) is 171 cm³/mol. The molecule has 1 saturated heterocycles. The fourth-order valence-corrected chi connectivity index (χ4v) is 12.9. The lowest BCUT2D eigenvalue weighted by Gasteiger charge is -2.58. The van der Waals surface area contributed by atoms with Gasteiger partial charge in [-0.15, -0.1) is 0 Å². The Hall–Kier alpha value is -2.18. The predicted octanol–water partition coefficient (Wildman–Crippen LogP) is 6.11. The average molecular weight is 601 g/mol. The number of ether oxygens (including phenoxy) is 1. The van der Waals surface area contributed by atoms with E-state index in [1.165, 1.54) is 44.1 Å². The number of piperidine rings is 1. The Bertz CT molecular complexity index is 1440. The third-order valence-electron chi connectivity index (χ3n) is 15.0. The van der Waals surface area contributed by atoms with Gasteiger partial charge in [0.1, 0.15) is 5.78 Å². The highest BCUT2D eigenvalue weighted by atomic mass is 16.5. The molecule has 6 nitrogen and oxygen atoms in total. The van der Waals surface area contributed by atoms with Crippen molar-refractivity contribution in [3.05, 3.63) is 34.9 Å². The SMILES string of the molecule is CC(=O)[C@H]1CC[C@H]2[C@@H]3CC=C4C[C@H](N)CC[C@]4(C)[C@H]3CC[C@]12C.CN1CC[C@]23c4c5ccc(O)c4O[C@H]2C(=O)CC[C@H]3[C@H]1C5. The van der Waals surface area contributed by atoms with Crippen LogP contribution >= 0.6 is 0 Å². The largest absolute Gasteiger partial charge is 0.504 e. The van der Waals surface area contributed by atoms with Gasteiger partial charge >= 0.3 is 0 Å². The van der Waals surface area contributed by atoms with Gasteiger partial charge in [0.05, 0.1) is 0 Å². The Morgan fingerprint density at radius 3 is 2.64 bits per heavy atom. The van der Waals surface area contributed by atoms with Crippen LogP contribution in [0.5, 0.6) is 11.5 Å². The normalized spacial score (nSPS) is 46.3. The van der Waals surface area contributed by atoms with E-state index in [1.54, 1.807) is 11.6 Å². The van der Waals surface area contributed by atoms with Crippen LogP contribution in [0, 0.1) is 40.4 Å². The van der Waals surface area contributed by atoms with Crippen molar-refractivity contribution in [1.29, 1.82) is 0 Å². The first kappa shape index (κ1) is 29.2. The highest BCUT2D eigenvalue weighted by Crippen LogP contribution is 2.66. The molecule has 0 radical (unpaired) electrons. The van der Waals surface area contributed by atoms with Crippen LogP contribution in [-0.2, 0) is 21.4 Å². The third kappa shape index (κ3) is 3.79. The van der Waals surface area contributed by atoms with Gasteiger partial charge in [-0.1, -0.05) is 31.6 Å². The highest BCUT2D eigenvalue weighted by Gasteiger charge is 2.65. The summed E-state index contributed by atoms with van der Waals surface area (Å²) in [4.78, 5) is 27.1. The summed E-state index contributed by atoms with van der Waals surface area (Å²) in [5, 5.41) is 10.2. The number of nitrogens with zero attached hydrogens (tertiary/aromatic N) is 1. The van der Waals surface area contributed by atoms with E-state index < -0.39 is 0 Å². The molecule has 0 amide bonds. The van der Waals surface area contributed by atoms with Crippen molar-refractivity contribution < 1.29 is 19.4 Å². The zero-order valence-corrected chi connectivity index (χ0v) is 27.2. The fraction of sp³-hybridized carbons (Fsp3) is 0.737. The molecule has 4 saturated carbocycles. The van der Waals surface area contributed by atoms with Gasteiger partial charge in [-0.3, -0.25) is 9.59 Å². The summed E-state index contributed by atoms with van der Waals surface area (Å²) < 4.78 is 6.04. The number of carbonyl (C=O) groups is 2. The summed E-state index contributed by atoms with van der Waals surface area (Å²) in [5.74, 6) is 4.66. The summed E-state index contributed by atoms with van der Waals surface area (Å²) in [5.41, 5.74) is 10.9. The molecule has 6 aliphatic carbocycles. The van der Waals surface area contributed by atoms with Crippen molar-refractivity contribution >= 4 is 11.6 Å². The lowest BCUT2D eigenvalue weighted by Crippen LogP contribution is -2.65. The molecule has 0 aromatic heterocycles. The maximum Gasteiger partial charge on any atom is 0.174 e. The van der Waals surface area contributed by atoms with Gasteiger partial charge in [-0.2, -0.15) is 0 Å². The molecule has 238 valence electrons. The number of likely N-dealkylation sites (N-methyl/N-ethyl adjacent to an activating group) is 1. The summed E-state index contributed by atoms with van der Waals surface area (Å²) in [6.07, 6.45) is 15.6. The second-order valence-electron chi connectivity index (χ2n) is 16.6. The number of likely N-dealkylation sites (tertiary alicyclic amines) is 1. The van der Waals surface area contributed by atoms with Crippen LogP contribution in [0.2, 0.25) is 0 Å². The number of carbonyl (C=O) groups excluding carboxylic acids is 2. The van der Waals surface area contributed by atoms with E-state index in [9.17, 15) is 14.7 Å². The zero-order valence-electron chi connectivity index (χ0n) is 27.2. The standard InChI is InChI=1S/C21H33NO.C17H19NO3/c1-13(23)17-6-7-18-16-5-4-14-12-15(22)8-10-20(14,2)19(16)9-11-21(17,18)3;1-18-7-6-17-10-3-5-13(20)16(17)21-15-12(19)4-2-9(14(15)17)8-11(10)18/h4,15-19H,5-12,22H2,1-3H3;2,4,10-11,16,19H,3,5-8H2,1H3/t15-,16+,17-,18+,19+,20+,21-;10-,11+,16-,17-/m10/s1. The Labute approximate surface area is 263 Å². The van der Waals surface area contributed by atoms with Crippen LogP contribution in [0.3, 0.4) is 0 Å². The molecule has 1 aromatic carbocycles. The number of rotatable bonds is 1. The number of phenols is 1. The minimum absolute atomic E-state index is 0.172. The van der Waals surface area contributed by atoms with Gasteiger partial charge in [0.2, 0.25) is 0 Å². The van der Waals surface area contributed by atoms with E-state index in [0.717, 1.165) is 62.0 Å². The Balaban J connectivity index is 0.000000132. The minimum Gasteiger partial charge on any atom is -0.504 e. The van der Waals surface area contributed by atoms with E-state index in [1.807, 2.05) is 13.0 Å². The number of Topliss-reactive ketones (excluding diaryl/α,β-unsaturated/α-hetero) is 2. The van der Waals surface area contributed by atoms with Crippen molar-refractivity contribution in [1.82, 2.24) is 4.90 Å². The Kier molecular flexibility index (Phi) is 6.58. The molecule has 2 heterocycles. The number of hydrogen-bond donors (Lipinski definition) is 2. The number of benzene rings is 1. The molecule has 2 bridgehead atoms. The number of aromatic hydroxyl groups is 1. The number of fused-ring (bicyclic) bond motifs is 5. The fourth-order valence-electron chi connectivity index (χ4n) is 12.9. The number of phenolic OH excluding ortho intramolecular Hbond substituents is 1. The average Bonchev–Trinajstić information content (AvgIpc) is 3.54. The smallest absolute Gasteiger partial charge is 0.174 e. The monoisotopic (exact) mass is 600 g/mol. The first-order valence-electron chi connectivity index (χ1n) is 17.7. The van der Waals surface area contributed by atoms with E-state index in [0.29, 0.717) is 47.3 Å². The molecule has 44 heavy (non-hydrogen) atoms. The molecule has 0 unspecified atom stereocenters. The molecule has 5 fully saturated rings. The van der Waals surface area contributed by atoms with E-state index in [2.05, 4.69) is 31.9 Å². The van der Waals surface area contributed by atoms with Crippen molar-refractivity contribution in [2.24, 2.45) is 46.2 Å². The topological polar surface area (TPSA) is 92.9 Å². The Morgan fingerprint density at radius 1 is 1.02 bits per heavy atom. The van der Waals surface area contributed by atoms with Crippen molar-refractivity contribution in [2.45, 2.75) is 121 Å². The molecule has 2 aliphatic heterocycles. The number of ketones is 2. The molecule has 6 heteroatoms. The van der Waals surface area contributed by atoms with Gasteiger partial charge < -0.3 is 20.5 Å². The van der Waals surface area contributed by atoms with Gasteiger partial charge in [0, 0.05) is 35.4 Å². The second-order valence-corrected chi connectivity index (χ2v) is 16.6. The van der Waals surface area contributed by atoms with Crippen LogP contribution in [0.1, 0.15) is 103 Å². The van der Waals surface area contributed by atoms with Gasteiger partial charge in [0.15, 0.2) is 23.4 Å². The van der Waals surface area contributed by atoms with Gasteiger partial charge in [-0.25, -0.2) is 0 Å². The Morgan fingerprint density at radius 2 is 1.84 bits per heavy atom. The molecular weight excluding hydrogens is 548 g/mol. The summed E-state index contributed by atoms with van der Waals surface area (Å²) in [6, 6.07) is 4.64. The maximum absolute atomic E-state index is 12.5. The van der Waals surface area contributed by atoms with E-state index >= 15 is 0 Å². The van der Waals surface area contributed by atoms with Crippen LogP contribution in [0.4, 0.5) is 0 Å². The van der Waals surface area contributed by atoms with Crippen LogP contribution < -0.4 is 10.5 Å². The van der Waals surface area contributed by atoms with Crippen LogP contribution in [-0.4, -0.2) is 53.4 Å². The molecule has 1 aromatic rings. The lowest BCUT2D eigenvalue weighted by atomic mass is 9.47. The molecule has 11 atom stereocenters. The zero-order chi connectivity index (χ0) is 30.8. The molecular formula is C38H52N2O4. The van der Waals surface area contributed by atoms with Crippen LogP contribution in [0.15, 0.2) is 23.8 Å². The maximum atomic E-state index is 12.5. The van der Waals surface area contributed by atoms with Crippen LogP contribution in [0.25, 0.3) is 0 Å². The molecule has 3 N–H and O–H groups in total. The van der Waals surface area contributed by atoms with Crippen molar-refractivity contribution in [3.8, 4) is 11.5 Å². The number of allylic oxidation sites excluding steroid dienone is 1. The number of nitrogens with two attached hydrogens (primary N) is 1. The third-order valence-corrected chi connectivity index (χ3v) is 15.0. The van der Waals surface area contributed by atoms with Gasteiger partial charge in [0.25, 0.3) is 0 Å². The van der Waals surface area contributed by atoms with Gasteiger partial charge in [-0.05, 0) is 137 Å². The number of hydrogen-bond acceptors (Lipinski definition) is 6. The second kappa shape index (κ2) is 9.91. The quantitative estimate of drug-likeness (QED) is 0.378. The lowest BCUT2D eigenvalue weighted by molar-refractivity contribution is -0.138. The van der Waals surface area contributed by atoms with E-state index in [-0.39, 0.29) is 28.5 Å². The molecule has 8 aliphatic rings. The minimum atomic E-state index is -0.366. The van der Waals surface area contributed by atoms with E-state index in [4.69, 9.17) is 10.5 Å². The van der Waals surface area contributed by atoms with Crippen molar-refractivity contribution in [2.75, 3.05) is 13.6 Å². The molecule has 9 rings (SSSR count). The summed E-state index contributed by atoms with van der Waals surface area (Å²) >= 11 is 0. The molecule has 1 spiro atoms. The highest BCUT2D eigenvalue weighted by molar-refractivity contribution is 5.89. The summed E-state index contributed by atoms with van der Waals surface area (Å²) in [6.45, 7) is 7.79. The first-order chi connectivity index (χ1) is 21.0.